The zero-order valence-corrected chi connectivity index (χ0v) is 14.0. The third kappa shape index (κ3) is 3.49. The fourth-order valence-corrected chi connectivity index (χ4v) is 3.29. The van der Waals surface area contributed by atoms with E-state index in [4.69, 9.17) is 5.73 Å². The molecule has 0 spiro atoms. The van der Waals surface area contributed by atoms with Crippen LogP contribution >= 0.6 is 0 Å². The first-order chi connectivity index (χ1) is 9.73. The van der Waals surface area contributed by atoms with E-state index >= 15 is 0 Å². The molecule has 0 aromatic heterocycles. The second kappa shape index (κ2) is 5.85. The number of nitrogen functional groups attached to an aromatic ring is 1. The van der Waals surface area contributed by atoms with Gasteiger partial charge in [-0.1, -0.05) is 13.8 Å². The van der Waals surface area contributed by atoms with E-state index in [0.717, 1.165) is 25.1 Å². The first kappa shape index (κ1) is 16.1. The summed E-state index contributed by atoms with van der Waals surface area (Å²) in [6.07, 6.45) is 2.30. The quantitative estimate of drug-likeness (QED) is 0.817. The van der Waals surface area contributed by atoms with Gasteiger partial charge in [-0.05, 0) is 37.0 Å². The molecular weight excluding hydrogens is 286 g/mol. The van der Waals surface area contributed by atoms with Gasteiger partial charge in [0.2, 0.25) is 10.0 Å². The summed E-state index contributed by atoms with van der Waals surface area (Å²) in [5, 5.41) is 0. The predicted octanol–water partition coefficient (Wildman–Crippen LogP) is 2.14. The lowest BCUT2D eigenvalue weighted by molar-refractivity contribution is 0.520. The Hall–Kier alpha value is -1.27. The molecule has 118 valence electrons. The maximum atomic E-state index is 12.3. The molecule has 1 aromatic rings. The largest absolute Gasteiger partial charge is 0.397 e. The first-order valence-corrected chi connectivity index (χ1v) is 8.76. The number of hydrogen-bond donors (Lipinski definition) is 1. The van der Waals surface area contributed by atoms with E-state index < -0.39 is 10.0 Å². The van der Waals surface area contributed by atoms with Gasteiger partial charge < -0.3 is 10.6 Å². The van der Waals surface area contributed by atoms with E-state index in [-0.39, 0.29) is 0 Å². The van der Waals surface area contributed by atoms with Crippen LogP contribution in [0.1, 0.15) is 26.7 Å². The van der Waals surface area contributed by atoms with Crippen molar-refractivity contribution in [2.24, 2.45) is 5.92 Å². The Labute approximate surface area is 127 Å². The Balaban J connectivity index is 2.43. The van der Waals surface area contributed by atoms with Gasteiger partial charge in [-0.15, -0.1) is 0 Å². The van der Waals surface area contributed by atoms with Gasteiger partial charge in [0.25, 0.3) is 0 Å². The molecule has 1 aliphatic rings. The summed E-state index contributed by atoms with van der Waals surface area (Å²) < 4.78 is 25.8. The van der Waals surface area contributed by atoms with Gasteiger partial charge in [0.15, 0.2) is 0 Å². The van der Waals surface area contributed by atoms with Crippen molar-refractivity contribution in [1.29, 1.82) is 0 Å². The Bertz CT molecular complexity index is 607. The molecule has 6 heteroatoms. The summed E-state index contributed by atoms with van der Waals surface area (Å²) in [6, 6.07) is 5.48. The number of rotatable bonds is 6. The first-order valence-electron chi connectivity index (χ1n) is 7.32. The van der Waals surface area contributed by atoms with Crippen LogP contribution < -0.4 is 10.6 Å². The summed E-state index contributed by atoms with van der Waals surface area (Å²) in [5.74, 6) is 0.499. The van der Waals surface area contributed by atoms with Crippen molar-refractivity contribution in [3.8, 4) is 0 Å². The van der Waals surface area contributed by atoms with Gasteiger partial charge in [-0.3, -0.25) is 0 Å². The molecule has 5 nitrogen and oxygen atoms in total. The number of anilines is 2. The summed E-state index contributed by atoms with van der Waals surface area (Å²) in [5.41, 5.74) is 7.58. The molecule has 0 amide bonds. The highest BCUT2D eigenvalue weighted by molar-refractivity contribution is 7.89. The molecule has 0 aliphatic heterocycles. The second-order valence-corrected chi connectivity index (χ2v) is 8.44. The van der Waals surface area contributed by atoms with Crippen LogP contribution in [0.15, 0.2) is 23.1 Å². The number of benzene rings is 1. The van der Waals surface area contributed by atoms with E-state index in [2.05, 4.69) is 18.7 Å². The van der Waals surface area contributed by atoms with Gasteiger partial charge in [-0.2, -0.15) is 0 Å². The Morgan fingerprint density at radius 2 is 1.90 bits per heavy atom. The van der Waals surface area contributed by atoms with Gasteiger partial charge in [-0.25, -0.2) is 12.7 Å². The fourth-order valence-electron chi connectivity index (χ4n) is 2.37. The van der Waals surface area contributed by atoms with Gasteiger partial charge >= 0.3 is 0 Å². The standard InChI is InChI=1S/C15H25N3O2S/c1-11(2)10-18(12-5-6-12)15-9-13(7-8-14(15)16)21(19,20)17(3)4/h7-9,11-12H,5-6,10,16H2,1-4H3. The molecule has 0 atom stereocenters. The average molecular weight is 311 g/mol. The van der Waals surface area contributed by atoms with Crippen LogP contribution in [-0.4, -0.2) is 39.4 Å². The molecule has 1 aliphatic carbocycles. The van der Waals surface area contributed by atoms with Crippen LogP contribution in [-0.2, 0) is 10.0 Å². The molecule has 2 N–H and O–H groups in total. The van der Waals surface area contributed by atoms with Gasteiger partial charge in [0, 0.05) is 26.7 Å². The minimum Gasteiger partial charge on any atom is -0.397 e. The SMILES string of the molecule is CC(C)CN(c1cc(S(=O)(=O)N(C)C)ccc1N)C1CC1. The highest BCUT2D eigenvalue weighted by Gasteiger charge is 2.31. The molecule has 21 heavy (non-hydrogen) atoms. The van der Waals surface area contributed by atoms with E-state index in [9.17, 15) is 8.42 Å². The van der Waals surface area contributed by atoms with E-state index in [0.29, 0.717) is 22.5 Å². The van der Waals surface area contributed by atoms with Crippen LogP contribution in [0.25, 0.3) is 0 Å². The lowest BCUT2D eigenvalue weighted by Crippen LogP contribution is -2.31. The lowest BCUT2D eigenvalue weighted by atomic mass is 10.1. The Morgan fingerprint density at radius 3 is 2.38 bits per heavy atom. The van der Waals surface area contributed by atoms with Crippen molar-refractivity contribution in [3.05, 3.63) is 18.2 Å². The van der Waals surface area contributed by atoms with Crippen LogP contribution in [0.4, 0.5) is 11.4 Å². The van der Waals surface area contributed by atoms with Crippen molar-refractivity contribution in [3.63, 3.8) is 0 Å². The van der Waals surface area contributed by atoms with Crippen LogP contribution in [0, 0.1) is 5.92 Å². The molecule has 0 radical (unpaired) electrons. The van der Waals surface area contributed by atoms with Crippen molar-refractivity contribution < 1.29 is 8.42 Å². The highest BCUT2D eigenvalue weighted by atomic mass is 32.2. The van der Waals surface area contributed by atoms with Crippen LogP contribution in [0.3, 0.4) is 0 Å². The molecule has 0 saturated heterocycles. The second-order valence-electron chi connectivity index (χ2n) is 6.29. The third-order valence-corrected chi connectivity index (χ3v) is 5.45. The van der Waals surface area contributed by atoms with Crippen LogP contribution in [0.5, 0.6) is 0 Å². The number of hydrogen-bond acceptors (Lipinski definition) is 4. The van der Waals surface area contributed by atoms with E-state index in [1.807, 2.05) is 0 Å². The molecule has 0 bridgehead atoms. The summed E-state index contributed by atoms with van der Waals surface area (Å²) in [7, 11) is -0.353. The Morgan fingerprint density at radius 1 is 1.29 bits per heavy atom. The number of sulfonamides is 1. The molecular formula is C15H25N3O2S. The smallest absolute Gasteiger partial charge is 0.242 e. The maximum absolute atomic E-state index is 12.3. The summed E-state index contributed by atoms with van der Waals surface area (Å²) >= 11 is 0. The van der Waals surface area contributed by atoms with Crippen molar-refractivity contribution in [2.45, 2.75) is 37.6 Å². The minimum atomic E-state index is -3.43. The number of nitrogens with two attached hydrogens (primary N) is 1. The predicted molar refractivity (Wildman–Crippen MR) is 86.9 cm³/mol. The lowest BCUT2D eigenvalue weighted by Gasteiger charge is -2.28. The molecule has 1 aromatic carbocycles. The molecule has 0 heterocycles. The van der Waals surface area contributed by atoms with E-state index in [1.165, 1.54) is 18.4 Å². The molecule has 1 fully saturated rings. The summed E-state index contributed by atoms with van der Waals surface area (Å²) in [6.45, 7) is 5.21. The topological polar surface area (TPSA) is 66.6 Å². The monoisotopic (exact) mass is 311 g/mol. The van der Waals surface area contributed by atoms with Crippen molar-refractivity contribution >= 4 is 21.4 Å². The molecule has 2 rings (SSSR count). The number of nitrogens with zero attached hydrogens (tertiary/aromatic N) is 2. The van der Waals surface area contributed by atoms with E-state index in [1.54, 1.807) is 18.2 Å². The minimum absolute atomic E-state index is 0.297. The highest BCUT2D eigenvalue weighted by Crippen LogP contribution is 2.36. The van der Waals surface area contributed by atoms with Gasteiger partial charge in [0.05, 0.1) is 16.3 Å². The zero-order valence-electron chi connectivity index (χ0n) is 13.2. The van der Waals surface area contributed by atoms with Crippen molar-refractivity contribution in [2.75, 3.05) is 31.3 Å². The van der Waals surface area contributed by atoms with Gasteiger partial charge in [0.1, 0.15) is 0 Å². The average Bonchev–Trinajstić information content (AvgIpc) is 3.20. The maximum Gasteiger partial charge on any atom is 0.242 e. The fraction of sp³-hybridized carbons (Fsp3) is 0.600. The van der Waals surface area contributed by atoms with Crippen LogP contribution in [0.2, 0.25) is 0 Å². The third-order valence-electron chi connectivity index (χ3n) is 3.64. The zero-order chi connectivity index (χ0) is 15.8. The van der Waals surface area contributed by atoms with Crippen molar-refractivity contribution in [1.82, 2.24) is 4.31 Å². The summed E-state index contributed by atoms with van der Waals surface area (Å²) in [4.78, 5) is 2.56. The molecule has 1 saturated carbocycles. The Kier molecular flexibility index (Phi) is 4.49. The normalized spacial score (nSPS) is 15.7. The molecule has 0 unspecified atom stereocenters.